The van der Waals surface area contributed by atoms with Crippen LogP contribution in [0.3, 0.4) is 0 Å². The first-order valence-electron chi connectivity index (χ1n) is 7.92. The molecule has 122 valence electrons. The average molecular weight is 313 g/mol. The van der Waals surface area contributed by atoms with Crippen LogP contribution in [0.2, 0.25) is 0 Å². The summed E-state index contributed by atoms with van der Waals surface area (Å²) in [5.41, 5.74) is 2.87. The number of rotatable bonds is 3. The average Bonchev–Trinajstić information content (AvgIpc) is 2.85. The third-order valence-electron chi connectivity index (χ3n) is 4.39. The highest BCUT2D eigenvalue weighted by molar-refractivity contribution is 5.90. The summed E-state index contributed by atoms with van der Waals surface area (Å²) < 4.78 is 1.73. The molecule has 1 aliphatic heterocycles. The van der Waals surface area contributed by atoms with Gasteiger partial charge in [-0.15, -0.1) is 0 Å². The number of nitrogens with zero attached hydrogens (tertiary/aromatic N) is 4. The lowest BCUT2D eigenvalue weighted by Crippen LogP contribution is -2.59. The van der Waals surface area contributed by atoms with Crippen LogP contribution in [-0.2, 0) is 13.5 Å². The zero-order valence-electron chi connectivity index (χ0n) is 14.1. The molecule has 0 bridgehead atoms. The van der Waals surface area contributed by atoms with Crippen molar-refractivity contribution in [2.75, 3.05) is 11.9 Å². The molecule has 1 atom stereocenters. The van der Waals surface area contributed by atoms with Crippen LogP contribution in [0.1, 0.15) is 38.1 Å². The second kappa shape index (κ2) is 5.68. The molecule has 6 heteroatoms. The van der Waals surface area contributed by atoms with Crippen molar-refractivity contribution in [1.29, 1.82) is 0 Å². The van der Waals surface area contributed by atoms with Crippen molar-refractivity contribution in [2.45, 2.75) is 33.2 Å². The lowest BCUT2D eigenvalue weighted by atomic mass is 9.72. The van der Waals surface area contributed by atoms with Gasteiger partial charge in [0.1, 0.15) is 0 Å². The number of amides is 2. The minimum atomic E-state index is -0.0752. The normalized spacial score (nSPS) is 19.3. The fraction of sp³-hybridized carbons (Fsp3) is 0.471. The smallest absolute Gasteiger partial charge is 0.316 e. The molecule has 0 radical (unpaired) electrons. The fourth-order valence-corrected chi connectivity index (χ4v) is 3.38. The maximum atomic E-state index is 12.7. The molecule has 6 nitrogen and oxygen atoms in total. The number of likely N-dealkylation sites (tertiary alicyclic amines) is 1. The van der Waals surface area contributed by atoms with Gasteiger partial charge in [0.2, 0.25) is 0 Å². The van der Waals surface area contributed by atoms with Gasteiger partial charge in [-0.25, -0.2) is 4.79 Å². The van der Waals surface area contributed by atoms with Gasteiger partial charge in [0.25, 0.3) is 0 Å². The van der Waals surface area contributed by atoms with Gasteiger partial charge in [-0.1, -0.05) is 20.8 Å². The summed E-state index contributed by atoms with van der Waals surface area (Å²) >= 11 is 0. The number of carbonyl (C=O) groups excluding carboxylic acids is 1. The Kier molecular flexibility index (Phi) is 3.83. The molecular formula is C17H23N5O. The van der Waals surface area contributed by atoms with Crippen LogP contribution in [0.5, 0.6) is 0 Å². The van der Waals surface area contributed by atoms with E-state index in [9.17, 15) is 4.79 Å². The second-order valence-corrected chi connectivity index (χ2v) is 6.75. The molecular weight excluding hydrogens is 290 g/mol. The molecule has 1 saturated heterocycles. The number of hydrogen-bond acceptors (Lipinski definition) is 3. The van der Waals surface area contributed by atoms with Crippen LogP contribution in [0.15, 0.2) is 30.7 Å². The van der Waals surface area contributed by atoms with E-state index in [1.54, 1.807) is 17.1 Å². The lowest BCUT2D eigenvalue weighted by molar-refractivity contribution is -0.0115. The summed E-state index contributed by atoms with van der Waals surface area (Å²) in [6, 6.07) is 3.95. The van der Waals surface area contributed by atoms with Crippen LogP contribution < -0.4 is 5.32 Å². The van der Waals surface area contributed by atoms with Crippen molar-refractivity contribution in [2.24, 2.45) is 12.5 Å². The minimum Gasteiger partial charge on any atom is -0.316 e. The van der Waals surface area contributed by atoms with Gasteiger partial charge in [-0.2, -0.15) is 5.10 Å². The molecule has 3 rings (SSSR count). The van der Waals surface area contributed by atoms with Crippen LogP contribution in [0.4, 0.5) is 10.5 Å². The van der Waals surface area contributed by atoms with Crippen LogP contribution in [-0.4, -0.2) is 32.2 Å². The molecule has 1 aliphatic rings. The molecule has 3 heterocycles. The molecule has 2 aromatic heterocycles. The zero-order chi connectivity index (χ0) is 16.6. The van der Waals surface area contributed by atoms with E-state index in [2.05, 4.69) is 29.2 Å². The molecule has 0 aliphatic carbocycles. The lowest BCUT2D eigenvalue weighted by Gasteiger charge is -2.54. The van der Waals surface area contributed by atoms with E-state index in [0.29, 0.717) is 0 Å². The minimum absolute atomic E-state index is 0.0568. The number of hydrogen-bond donors (Lipinski definition) is 1. The highest BCUT2D eigenvalue weighted by Gasteiger charge is 2.49. The molecule has 0 unspecified atom stereocenters. The van der Waals surface area contributed by atoms with Gasteiger partial charge in [-0.05, 0) is 24.1 Å². The number of urea groups is 1. The largest absolute Gasteiger partial charge is 0.322 e. The van der Waals surface area contributed by atoms with E-state index in [-0.39, 0.29) is 17.5 Å². The highest BCUT2D eigenvalue weighted by Crippen LogP contribution is 2.48. The third kappa shape index (κ3) is 2.81. The molecule has 0 aromatic carbocycles. The van der Waals surface area contributed by atoms with Gasteiger partial charge < -0.3 is 10.2 Å². The van der Waals surface area contributed by atoms with E-state index < -0.39 is 0 Å². The molecule has 23 heavy (non-hydrogen) atoms. The molecule has 1 N–H and O–H groups in total. The van der Waals surface area contributed by atoms with Crippen LogP contribution in [0.25, 0.3) is 0 Å². The zero-order valence-corrected chi connectivity index (χ0v) is 14.1. The summed E-state index contributed by atoms with van der Waals surface area (Å²) in [7, 11) is 1.86. The van der Waals surface area contributed by atoms with Gasteiger partial charge in [0.05, 0.1) is 17.4 Å². The van der Waals surface area contributed by atoms with E-state index in [4.69, 9.17) is 0 Å². The predicted molar refractivity (Wildman–Crippen MR) is 89.1 cm³/mol. The molecule has 0 saturated carbocycles. The van der Waals surface area contributed by atoms with Gasteiger partial charge in [-0.3, -0.25) is 9.67 Å². The molecule has 1 fully saturated rings. The standard InChI is InChI=1S/C17H23N5O/c1-5-13-14(10-21(4)20-13)19-16(23)22-11-17(2,3)15(22)12-6-8-18-9-7-12/h6-10,15H,5,11H2,1-4H3,(H,19,23)/t15-/m1/s1. The Morgan fingerprint density at radius 3 is 2.70 bits per heavy atom. The Morgan fingerprint density at radius 2 is 2.09 bits per heavy atom. The summed E-state index contributed by atoms with van der Waals surface area (Å²) in [5, 5.41) is 7.38. The number of pyridine rings is 1. The number of aromatic nitrogens is 3. The third-order valence-corrected chi connectivity index (χ3v) is 4.39. The first-order valence-corrected chi connectivity index (χ1v) is 7.92. The summed E-state index contributed by atoms with van der Waals surface area (Å²) in [6.07, 6.45) is 6.19. The predicted octanol–water partition coefficient (Wildman–Crippen LogP) is 2.99. The first kappa shape index (κ1) is 15.5. The van der Waals surface area contributed by atoms with Gasteiger partial charge >= 0.3 is 6.03 Å². The van der Waals surface area contributed by atoms with E-state index >= 15 is 0 Å². The number of carbonyl (C=O) groups is 1. The summed E-state index contributed by atoms with van der Waals surface area (Å²) in [6.45, 7) is 7.13. The molecule has 0 spiro atoms. The van der Waals surface area contributed by atoms with Crippen molar-refractivity contribution >= 4 is 11.7 Å². The Morgan fingerprint density at radius 1 is 1.39 bits per heavy atom. The SMILES string of the molecule is CCc1nn(C)cc1NC(=O)N1CC(C)(C)[C@H]1c1ccncc1. The number of aryl methyl sites for hydroxylation is 2. The van der Waals surface area contributed by atoms with Gasteiger partial charge in [0.15, 0.2) is 0 Å². The van der Waals surface area contributed by atoms with Crippen LogP contribution in [0, 0.1) is 5.41 Å². The fourth-order valence-electron chi connectivity index (χ4n) is 3.38. The van der Waals surface area contributed by atoms with E-state index in [1.165, 1.54) is 0 Å². The maximum absolute atomic E-state index is 12.7. The van der Waals surface area contributed by atoms with Crippen molar-refractivity contribution in [3.05, 3.63) is 42.0 Å². The summed E-state index contributed by atoms with van der Waals surface area (Å²) in [4.78, 5) is 18.6. The first-order chi connectivity index (χ1) is 10.9. The monoisotopic (exact) mass is 313 g/mol. The Hall–Kier alpha value is -2.37. The van der Waals surface area contributed by atoms with E-state index in [0.717, 1.165) is 29.9 Å². The Balaban J connectivity index is 1.79. The summed E-state index contributed by atoms with van der Waals surface area (Å²) in [5.74, 6) is 0. The Labute approximate surface area is 136 Å². The van der Waals surface area contributed by atoms with Crippen molar-refractivity contribution in [3.8, 4) is 0 Å². The topological polar surface area (TPSA) is 63.1 Å². The van der Waals surface area contributed by atoms with Crippen molar-refractivity contribution < 1.29 is 4.79 Å². The van der Waals surface area contributed by atoms with Crippen molar-refractivity contribution in [3.63, 3.8) is 0 Å². The number of nitrogens with one attached hydrogen (secondary N) is 1. The maximum Gasteiger partial charge on any atom is 0.322 e. The van der Waals surface area contributed by atoms with Crippen molar-refractivity contribution in [1.82, 2.24) is 19.7 Å². The molecule has 2 aromatic rings. The Bertz CT molecular complexity index is 707. The second-order valence-electron chi connectivity index (χ2n) is 6.75. The number of anilines is 1. The van der Waals surface area contributed by atoms with E-state index in [1.807, 2.05) is 37.2 Å². The van der Waals surface area contributed by atoms with Crippen LogP contribution >= 0.6 is 0 Å². The quantitative estimate of drug-likeness (QED) is 0.947. The molecule has 2 amide bonds. The highest BCUT2D eigenvalue weighted by atomic mass is 16.2. The van der Waals surface area contributed by atoms with Gasteiger partial charge in [0, 0.05) is 37.6 Å².